The lowest BCUT2D eigenvalue weighted by molar-refractivity contribution is -0.902. The summed E-state index contributed by atoms with van der Waals surface area (Å²) in [5, 5.41) is 9.99. The first-order chi connectivity index (χ1) is 12.6. The summed E-state index contributed by atoms with van der Waals surface area (Å²) in [5.41, 5.74) is 1.09. The first kappa shape index (κ1) is 21.0. The summed E-state index contributed by atoms with van der Waals surface area (Å²) in [7, 11) is 2.91. The van der Waals surface area contributed by atoms with Gasteiger partial charge in [0.15, 0.2) is 5.56 Å². The summed E-state index contributed by atoms with van der Waals surface area (Å²) in [6, 6.07) is 0. The molecule has 0 spiro atoms. The number of hydrogen-bond donors (Lipinski definition) is 1. The second-order valence-electron chi connectivity index (χ2n) is 7.54. The first-order valence-corrected chi connectivity index (χ1v) is 9.04. The lowest BCUT2D eigenvalue weighted by Gasteiger charge is -2.42. The molecule has 8 nitrogen and oxygen atoms in total. The molecule has 1 aliphatic rings. The zero-order valence-corrected chi connectivity index (χ0v) is 16.9. The average molecular weight is 381 g/mol. The number of carboxylic acid groups (broad SMARTS) is 1. The van der Waals surface area contributed by atoms with Crippen LogP contribution in [0.4, 0.5) is 4.79 Å². The van der Waals surface area contributed by atoms with E-state index in [4.69, 9.17) is 14.2 Å². The molecule has 2 heterocycles. The topological polar surface area (TPSA) is 95.0 Å². The summed E-state index contributed by atoms with van der Waals surface area (Å²) < 4.78 is 15.9. The Kier molecular flexibility index (Phi) is 5.99. The lowest BCUT2D eigenvalue weighted by Crippen LogP contribution is -2.64. The van der Waals surface area contributed by atoms with Crippen molar-refractivity contribution < 1.29 is 33.4 Å². The molecular weight excluding hydrogens is 352 g/mol. The number of fused-ring (bicyclic) bond motifs is 1. The van der Waals surface area contributed by atoms with Gasteiger partial charge in [0.1, 0.15) is 11.3 Å². The Morgan fingerprint density at radius 2 is 1.78 bits per heavy atom. The van der Waals surface area contributed by atoms with Gasteiger partial charge in [0, 0.05) is 18.4 Å². The maximum atomic E-state index is 12.5. The van der Waals surface area contributed by atoms with Crippen LogP contribution in [0.15, 0.2) is 0 Å². The molecule has 8 heteroatoms. The molecule has 1 unspecified atom stereocenters. The minimum Gasteiger partial charge on any atom is -0.495 e. The van der Waals surface area contributed by atoms with E-state index in [1.54, 1.807) is 6.92 Å². The number of esters is 1. The molecule has 27 heavy (non-hydrogen) atoms. The second-order valence-corrected chi connectivity index (χ2v) is 7.54. The number of hydrogen-bond acceptors (Lipinski definition) is 6. The van der Waals surface area contributed by atoms with Crippen LogP contribution in [-0.4, -0.2) is 66.1 Å². The Hall–Kier alpha value is -2.35. The second kappa shape index (κ2) is 7.72. The van der Waals surface area contributed by atoms with E-state index in [1.807, 2.05) is 20.8 Å². The van der Waals surface area contributed by atoms with E-state index in [-0.39, 0.29) is 22.5 Å². The molecule has 0 radical (unpaired) electrons. The molecule has 0 bridgehead atoms. The number of aromatic nitrogens is 1. The maximum Gasteiger partial charge on any atom is 0.514 e. The van der Waals surface area contributed by atoms with Crippen LogP contribution < -0.4 is 9.47 Å². The summed E-state index contributed by atoms with van der Waals surface area (Å²) in [5.74, 6) is -0.0784. The predicted molar refractivity (Wildman–Crippen MR) is 98.5 cm³/mol. The fourth-order valence-electron chi connectivity index (χ4n) is 3.71. The van der Waals surface area contributed by atoms with Crippen molar-refractivity contribution in [3.8, 4) is 11.6 Å². The van der Waals surface area contributed by atoms with Crippen LogP contribution in [-0.2, 0) is 17.6 Å². The number of methoxy groups -OCH3 is 2. The van der Waals surface area contributed by atoms with E-state index in [1.165, 1.54) is 14.2 Å². The molecule has 0 saturated heterocycles. The molecule has 0 fully saturated rings. The molecule has 1 aliphatic heterocycles. The highest BCUT2D eigenvalue weighted by molar-refractivity contribution is 5.95. The Morgan fingerprint density at radius 3 is 2.26 bits per heavy atom. The zero-order chi connectivity index (χ0) is 20.4. The van der Waals surface area contributed by atoms with Gasteiger partial charge in [-0.1, -0.05) is 0 Å². The van der Waals surface area contributed by atoms with Gasteiger partial charge >= 0.3 is 12.1 Å². The summed E-state index contributed by atoms with van der Waals surface area (Å²) in [4.78, 5) is 29.1. The number of carbonyl (C=O) groups is 2. The van der Waals surface area contributed by atoms with Gasteiger partial charge < -0.3 is 19.3 Å². The number of ether oxygens (including phenoxy) is 3. The fourth-order valence-corrected chi connectivity index (χ4v) is 3.71. The van der Waals surface area contributed by atoms with E-state index in [0.717, 1.165) is 5.56 Å². The number of quaternary nitrogens is 1. The van der Waals surface area contributed by atoms with Crippen LogP contribution in [0.5, 0.6) is 11.6 Å². The van der Waals surface area contributed by atoms with Gasteiger partial charge in [-0.15, -0.1) is 0 Å². The highest BCUT2D eigenvalue weighted by Gasteiger charge is 2.49. The van der Waals surface area contributed by atoms with Crippen LogP contribution in [0.1, 0.15) is 49.3 Å². The summed E-state index contributed by atoms with van der Waals surface area (Å²) >= 11 is 0. The monoisotopic (exact) mass is 381 g/mol. The molecule has 1 amide bonds. The van der Waals surface area contributed by atoms with Gasteiger partial charge in [0.05, 0.1) is 39.6 Å². The number of rotatable bonds is 4. The molecule has 150 valence electrons. The van der Waals surface area contributed by atoms with Gasteiger partial charge in [-0.2, -0.15) is 4.79 Å². The van der Waals surface area contributed by atoms with Crippen LogP contribution >= 0.6 is 0 Å². The van der Waals surface area contributed by atoms with Crippen LogP contribution in [0, 0.1) is 0 Å². The van der Waals surface area contributed by atoms with Gasteiger partial charge in [-0.25, -0.2) is 14.3 Å². The van der Waals surface area contributed by atoms with E-state index < -0.39 is 17.6 Å². The highest BCUT2D eigenvalue weighted by atomic mass is 16.5. The Morgan fingerprint density at radius 1 is 1.15 bits per heavy atom. The molecule has 1 N–H and O–H groups in total. The number of carbonyl (C=O) groups excluding carboxylic acids is 1. The fraction of sp³-hybridized carbons (Fsp3) is 0.632. The van der Waals surface area contributed by atoms with E-state index >= 15 is 0 Å². The molecule has 1 aromatic heterocycles. The molecule has 0 aliphatic carbocycles. The SMILES string of the molecule is CCOC(=O)c1c(OC)nc2c(c1OC)CC[N+](C(=O)O)(C(C)(C)C)CC2. The largest absolute Gasteiger partial charge is 0.514 e. The molecule has 0 aromatic carbocycles. The highest BCUT2D eigenvalue weighted by Crippen LogP contribution is 2.38. The molecule has 1 atom stereocenters. The third kappa shape index (κ3) is 3.58. The standard InChI is InChI=1S/C19H28N2O6/c1-7-27-17(22)14-15(25-5)12-8-10-21(18(23)24,19(2,3)4)11-9-13(12)20-16(14)26-6/h7-11H2,1-6H3/p+1. The minimum atomic E-state index is -0.869. The molecule has 1 aromatic rings. The van der Waals surface area contributed by atoms with Crippen LogP contribution in [0.25, 0.3) is 0 Å². The van der Waals surface area contributed by atoms with Crippen molar-refractivity contribution in [1.82, 2.24) is 4.98 Å². The molecule has 2 rings (SSSR count). The molecular formula is C19H29N2O6+. The van der Waals surface area contributed by atoms with E-state index in [9.17, 15) is 14.7 Å². The molecule has 0 saturated carbocycles. The zero-order valence-electron chi connectivity index (χ0n) is 16.9. The summed E-state index contributed by atoms with van der Waals surface area (Å²) in [6.07, 6.45) is -0.00734. The Balaban J connectivity index is 2.61. The van der Waals surface area contributed by atoms with Crippen molar-refractivity contribution in [2.75, 3.05) is 33.9 Å². The van der Waals surface area contributed by atoms with Crippen molar-refractivity contribution in [2.45, 2.75) is 46.1 Å². The Labute approximate surface area is 159 Å². The lowest BCUT2D eigenvalue weighted by atomic mass is 10.0. The normalized spacial score (nSPS) is 19.6. The van der Waals surface area contributed by atoms with Gasteiger partial charge in [-0.3, -0.25) is 0 Å². The number of nitrogens with zero attached hydrogens (tertiary/aromatic N) is 2. The predicted octanol–water partition coefficient (Wildman–Crippen LogP) is 2.67. The Bertz CT molecular complexity index is 741. The third-order valence-electron chi connectivity index (χ3n) is 5.30. The summed E-state index contributed by atoms with van der Waals surface area (Å²) in [6.45, 7) is 8.47. The average Bonchev–Trinajstić information content (AvgIpc) is 2.80. The van der Waals surface area contributed by atoms with Crippen LogP contribution in [0.3, 0.4) is 0 Å². The third-order valence-corrected chi connectivity index (χ3v) is 5.30. The van der Waals surface area contributed by atoms with Crippen molar-refractivity contribution >= 4 is 12.1 Å². The van der Waals surface area contributed by atoms with Crippen molar-refractivity contribution in [3.63, 3.8) is 0 Å². The number of amides is 1. The minimum absolute atomic E-state index is 0.0937. The van der Waals surface area contributed by atoms with Crippen molar-refractivity contribution in [2.24, 2.45) is 0 Å². The van der Waals surface area contributed by atoms with Crippen LogP contribution in [0.2, 0.25) is 0 Å². The van der Waals surface area contributed by atoms with Crippen molar-refractivity contribution in [1.29, 1.82) is 0 Å². The van der Waals surface area contributed by atoms with Gasteiger partial charge in [0.25, 0.3) is 0 Å². The van der Waals surface area contributed by atoms with E-state index in [0.29, 0.717) is 37.4 Å². The smallest absolute Gasteiger partial charge is 0.495 e. The first-order valence-electron chi connectivity index (χ1n) is 9.04. The number of pyridine rings is 1. The van der Waals surface area contributed by atoms with E-state index in [2.05, 4.69) is 4.98 Å². The quantitative estimate of drug-likeness (QED) is 0.633. The maximum absolute atomic E-state index is 12.5. The van der Waals surface area contributed by atoms with Gasteiger partial charge in [0.2, 0.25) is 5.88 Å². The van der Waals surface area contributed by atoms with Gasteiger partial charge in [-0.05, 0) is 27.7 Å². The van der Waals surface area contributed by atoms with Crippen molar-refractivity contribution in [3.05, 3.63) is 16.8 Å².